The lowest BCUT2D eigenvalue weighted by molar-refractivity contribution is -0.120. The average Bonchev–Trinajstić information content (AvgIpc) is 2.54. The van der Waals surface area contributed by atoms with Gasteiger partial charge in [0.2, 0.25) is 5.91 Å². The van der Waals surface area contributed by atoms with Crippen LogP contribution in [0.15, 0.2) is 42.5 Å². The van der Waals surface area contributed by atoms with Crippen molar-refractivity contribution in [2.75, 3.05) is 13.2 Å². The molecule has 2 N–H and O–H groups in total. The van der Waals surface area contributed by atoms with Crippen LogP contribution in [0.3, 0.4) is 0 Å². The van der Waals surface area contributed by atoms with Gasteiger partial charge < -0.3 is 15.2 Å². The van der Waals surface area contributed by atoms with Gasteiger partial charge in [0.25, 0.3) is 0 Å². The van der Waals surface area contributed by atoms with Crippen LogP contribution in [0.2, 0.25) is 0 Å². The van der Waals surface area contributed by atoms with E-state index < -0.39 is 5.97 Å². The van der Waals surface area contributed by atoms with Crippen molar-refractivity contribution in [2.24, 2.45) is 0 Å². The van der Waals surface area contributed by atoms with E-state index in [2.05, 4.69) is 5.32 Å². The zero-order chi connectivity index (χ0) is 17.5. The minimum atomic E-state index is -0.977. The zero-order valence-electron chi connectivity index (χ0n) is 13.8. The summed E-state index contributed by atoms with van der Waals surface area (Å²) in [6, 6.07) is 12.2. The summed E-state index contributed by atoms with van der Waals surface area (Å²) in [5.74, 6) is -0.242. The van der Waals surface area contributed by atoms with Gasteiger partial charge in [-0.3, -0.25) is 4.79 Å². The van der Waals surface area contributed by atoms with Gasteiger partial charge in [0.05, 0.1) is 18.5 Å². The molecule has 24 heavy (non-hydrogen) atoms. The van der Waals surface area contributed by atoms with E-state index in [4.69, 9.17) is 9.84 Å². The molecule has 0 bridgehead atoms. The number of aryl methyl sites for hydroxylation is 2. The van der Waals surface area contributed by atoms with Crippen LogP contribution in [0.4, 0.5) is 0 Å². The summed E-state index contributed by atoms with van der Waals surface area (Å²) in [6.07, 6.45) is 0.212. The molecule has 0 saturated carbocycles. The first kappa shape index (κ1) is 17.5. The summed E-state index contributed by atoms with van der Waals surface area (Å²) in [4.78, 5) is 22.7. The third-order valence-corrected chi connectivity index (χ3v) is 3.64. The largest absolute Gasteiger partial charge is 0.491 e. The van der Waals surface area contributed by atoms with Crippen molar-refractivity contribution < 1.29 is 19.4 Å². The highest BCUT2D eigenvalue weighted by atomic mass is 16.5. The quantitative estimate of drug-likeness (QED) is 0.767. The predicted octanol–water partition coefficient (Wildman–Crippen LogP) is 2.74. The number of carboxylic acids is 1. The fraction of sp³-hybridized carbons (Fsp3) is 0.263. The molecule has 0 spiro atoms. The number of aromatic carboxylic acids is 1. The normalized spacial score (nSPS) is 10.2. The molecule has 0 saturated heterocycles. The fourth-order valence-electron chi connectivity index (χ4n) is 2.38. The Balaban J connectivity index is 1.76. The topological polar surface area (TPSA) is 75.6 Å². The van der Waals surface area contributed by atoms with Gasteiger partial charge >= 0.3 is 5.97 Å². The summed E-state index contributed by atoms with van der Waals surface area (Å²) in [6.45, 7) is 4.79. The number of rotatable bonds is 7. The first-order valence-corrected chi connectivity index (χ1v) is 7.75. The molecule has 0 heterocycles. The van der Waals surface area contributed by atoms with Crippen LogP contribution in [0.1, 0.15) is 27.0 Å². The van der Waals surface area contributed by atoms with Crippen LogP contribution in [0.25, 0.3) is 0 Å². The lowest BCUT2D eigenvalue weighted by Crippen LogP contribution is -2.29. The first-order chi connectivity index (χ1) is 11.5. The van der Waals surface area contributed by atoms with E-state index in [0.29, 0.717) is 13.2 Å². The average molecular weight is 327 g/mol. The number of hydrogen-bond donors (Lipinski definition) is 2. The number of carboxylic acid groups (broad SMARTS) is 1. The summed E-state index contributed by atoms with van der Waals surface area (Å²) in [5.41, 5.74) is 3.12. The Labute approximate surface area is 141 Å². The van der Waals surface area contributed by atoms with Gasteiger partial charge in [-0.05, 0) is 42.7 Å². The van der Waals surface area contributed by atoms with Gasteiger partial charge in [0, 0.05) is 0 Å². The summed E-state index contributed by atoms with van der Waals surface area (Å²) < 4.78 is 5.73. The van der Waals surface area contributed by atoms with Gasteiger partial charge in [-0.2, -0.15) is 0 Å². The predicted molar refractivity (Wildman–Crippen MR) is 91.5 cm³/mol. The maximum atomic E-state index is 11.9. The van der Waals surface area contributed by atoms with Gasteiger partial charge in [-0.25, -0.2) is 4.79 Å². The van der Waals surface area contributed by atoms with Crippen LogP contribution in [-0.2, 0) is 11.2 Å². The molecular weight excluding hydrogens is 306 g/mol. The molecule has 5 heteroatoms. The molecule has 0 aromatic heterocycles. The van der Waals surface area contributed by atoms with Crippen LogP contribution in [0, 0.1) is 13.8 Å². The molecule has 0 aliphatic heterocycles. The molecule has 126 valence electrons. The molecule has 1 amide bonds. The number of benzene rings is 2. The van der Waals surface area contributed by atoms with Crippen LogP contribution in [0.5, 0.6) is 5.75 Å². The number of carbonyl (C=O) groups excluding carboxylic acids is 1. The number of carbonyl (C=O) groups is 2. The highest BCUT2D eigenvalue weighted by Gasteiger charge is 2.06. The van der Waals surface area contributed by atoms with Crippen molar-refractivity contribution in [3.8, 4) is 5.75 Å². The maximum absolute atomic E-state index is 11.9. The number of nitrogens with one attached hydrogen (secondary N) is 1. The lowest BCUT2D eigenvalue weighted by atomic mass is 10.1. The second-order valence-electron chi connectivity index (χ2n) is 5.60. The molecule has 0 aliphatic carbocycles. The maximum Gasteiger partial charge on any atom is 0.335 e. The van der Waals surface area contributed by atoms with Crippen molar-refractivity contribution >= 4 is 11.9 Å². The van der Waals surface area contributed by atoms with Crippen molar-refractivity contribution in [1.29, 1.82) is 0 Å². The summed E-state index contributed by atoms with van der Waals surface area (Å²) in [7, 11) is 0. The van der Waals surface area contributed by atoms with E-state index in [-0.39, 0.29) is 17.9 Å². The van der Waals surface area contributed by atoms with Crippen molar-refractivity contribution in [3.05, 3.63) is 64.7 Å². The minimum absolute atomic E-state index is 0.122. The Bertz CT molecular complexity index is 702. The van der Waals surface area contributed by atoms with E-state index in [1.807, 2.05) is 32.0 Å². The fourth-order valence-corrected chi connectivity index (χ4v) is 2.38. The van der Waals surface area contributed by atoms with E-state index in [0.717, 1.165) is 22.4 Å². The third-order valence-electron chi connectivity index (χ3n) is 3.64. The highest BCUT2D eigenvalue weighted by Crippen LogP contribution is 2.21. The van der Waals surface area contributed by atoms with Crippen LogP contribution in [-0.4, -0.2) is 30.1 Å². The molecule has 0 aliphatic rings. The second kappa shape index (κ2) is 8.15. The Hall–Kier alpha value is -2.82. The molecule has 0 radical (unpaired) electrons. The Morgan fingerprint density at radius 2 is 1.67 bits per heavy atom. The van der Waals surface area contributed by atoms with E-state index in [1.54, 1.807) is 12.1 Å². The first-order valence-electron chi connectivity index (χ1n) is 7.75. The number of para-hydroxylation sites is 1. The molecule has 0 unspecified atom stereocenters. The Morgan fingerprint density at radius 1 is 1.04 bits per heavy atom. The van der Waals surface area contributed by atoms with Crippen molar-refractivity contribution in [3.63, 3.8) is 0 Å². The molecular formula is C19H21NO4. The summed E-state index contributed by atoms with van der Waals surface area (Å²) in [5, 5.41) is 11.6. The van der Waals surface area contributed by atoms with Gasteiger partial charge in [-0.1, -0.05) is 30.3 Å². The van der Waals surface area contributed by atoms with Gasteiger partial charge in [-0.15, -0.1) is 0 Å². The molecule has 2 rings (SSSR count). The van der Waals surface area contributed by atoms with Crippen LogP contribution < -0.4 is 10.1 Å². The van der Waals surface area contributed by atoms with Gasteiger partial charge in [0.1, 0.15) is 12.4 Å². The highest BCUT2D eigenvalue weighted by molar-refractivity contribution is 5.87. The molecule has 5 nitrogen and oxygen atoms in total. The van der Waals surface area contributed by atoms with E-state index in [1.165, 1.54) is 12.1 Å². The van der Waals surface area contributed by atoms with Crippen LogP contribution >= 0.6 is 0 Å². The Morgan fingerprint density at radius 3 is 2.25 bits per heavy atom. The third kappa shape index (κ3) is 4.84. The van der Waals surface area contributed by atoms with E-state index in [9.17, 15) is 9.59 Å². The minimum Gasteiger partial charge on any atom is -0.491 e. The standard InChI is InChI=1S/C19H21NO4/c1-13-4-3-5-14(2)18(13)24-11-10-20-17(21)12-15-6-8-16(9-7-15)19(22)23/h3-9H,10-12H2,1-2H3,(H,20,21)(H,22,23). The van der Waals surface area contributed by atoms with Crippen molar-refractivity contribution in [1.82, 2.24) is 5.32 Å². The lowest BCUT2D eigenvalue weighted by Gasteiger charge is -2.12. The van der Waals surface area contributed by atoms with Gasteiger partial charge in [0.15, 0.2) is 0 Å². The van der Waals surface area contributed by atoms with Crippen molar-refractivity contribution in [2.45, 2.75) is 20.3 Å². The smallest absolute Gasteiger partial charge is 0.335 e. The Kier molecular flexibility index (Phi) is 5.95. The molecule has 2 aromatic rings. The monoisotopic (exact) mass is 327 g/mol. The summed E-state index contributed by atoms with van der Waals surface area (Å²) >= 11 is 0. The molecule has 2 aromatic carbocycles. The number of hydrogen-bond acceptors (Lipinski definition) is 3. The van der Waals surface area contributed by atoms with E-state index >= 15 is 0 Å². The second-order valence-corrected chi connectivity index (χ2v) is 5.60. The SMILES string of the molecule is Cc1cccc(C)c1OCCNC(=O)Cc1ccc(C(=O)O)cc1. The number of ether oxygens (including phenoxy) is 1. The number of amides is 1. The molecule has 0 fully saturated rings. The zero-order valence-corrected chi connectivity index (χ0v) is 13.8. The molecule has 0 atom stereocenters.